The molecule has 0 saturated carbocycles. The Hall–Kier alpha value is -1.30. The summed E-state index contributed by atoms with van der Waals surface area (Å²) in [7, 11) is 0. The van der Waals surface area contributed by atoms with Gasteiger partial charge in [-0.25, -0.2) is 8.78 Å². The molecule has 1 aromatic rings. The zero-order chi connectivity index (χ0) is 12.4. The van der Waals surface area contributed by atoms with Crippen LogP contribution in [-0.4, -0.2) is 19.7 Å². The van der Waals surface area contributed by atoms with Crippen molar-refractivity contribution < 1.29 is 22.3 Å². The van der Waals surface area contributed by atoms with Crippen LogP contribution in [0.1, 0.15) is 6.42 Å². The summed E-state index contributed by atoms with van der Waals surface area (Å²) < 4.78 is 56.9. The highest BCUT2D eigenvalue weighted by Crippen LogP contribution is 2.27. The van der Waals surface area contributed by atoms with Crippen molar-refractivity contribution in [2.24, 2.45) is 5.92 Å². The third kappa shape index (κ3) is 2.52. The van der Waals surface area contributed by atoms with Gasteiger partial charge in [0, 0.05) is 18.5 Å². The van der Waals surface area contributed by atoms with Gasteiger partial charge in [-0.05, 0) is 13.0 Å². The molecule has 1 N–H and O–H groups in total. The molecule has 1 heterocycles. The van der Waals surface area contributed by atoms with Crippen LogP contribution in [0.5, 0.6) is 5.75 Å². The average molecular weight is 249 g/mol. The quantitative estimate of drug-likeness (QED) is 0.655. The van der Waals surface area contributed by atoms with Crippen LogP contribution in [0.25, 0.3) is 0 Å². The Morgan fingerprint density at radius 2 is 1.82 bits per heavy atom. The van der Waals surface area contributed by atoms with Crippen LogP contribution in [0.2, 0.25) is 0 Å². The largest absolute Gasteiger partial charge is 0.487 e. The molecule has 1 atom stereocenters. The third-order valence-corrected chi connectivity index (χ3v) is 2.70. The summed E-state index contributed by atoms with van der Waals surface area (Å²) in [6.45, 7) is 1.50. The van der Waals surface area contributed by atoms with Crippen LogP contribution >= 0.6 is 0 Å². The van der Waals surface area contributed by atoms with E-state index < -0.39 is 29.0 Å². The molecule has 1 saturated heterocycles. The van der Waals surface area contributed by atoms with Gasteiger partial charge in [-0.1, -0.05) is 0 Å². The van der Waals surface area contributed by atoms with Crippen molar-refractivity contribution >= 4 is 0 Å². The van der Waals surface area contributed by atoms with Gasteiger partial charge in [-0.15, -0.1) is 0 Å². The van der Waals surface area contributed by atoms with Crippen molar-refractivity contribution in [2.45, 2.75) is 6.42 Å². The Morgan fingerprint density at radius 3 is 2.35 bits per heavy atom. The van der Waals surface area contributed by atoms with Crippen LogP contribution in [0.3, 0.4) is 0 Å². The van der Waals surface area contributed by atoms with E-state index in [-0.39, 0.29) is 18.6 Å². The van der Waals surface area contributed by atoms with E-state index >= 15 is 0 Å². The highest BCUT2D eigenvalue weighted by molar-refractivity contribution is 5.28. The Bertz CT molecular complexity index is 392. The second kappa shape index (κ2) is 4.91. The fraction of sp³-hybridized carbons (Fsp3) is 0.455. The standard InChI is InChI=1S/C11H11F4NO/c12-7-3-8(13)10(15)11(9(7)14)17-5-6-1-2-16-4-6/h3,6,16H,1-2,4-5H2. The second-order valence-corrected chi connectivity index (χ2v) is 3.97. The smallest absolute Gasteiger partial charge is 0.203 e. The number of nitrogens with one attached hydrogen (secondary N) is 1. The lowest BCUT2D eigenvalue weighted by Gasteiger charge is -2.12. The molecular weight excluding hydrogens is 238 g/mol. The summed E-state index contributed by atoms with van der Waals surface area (Å²) in [5.74, 6) is -6.77. The molecular formula is C11H11F4NO. The molecule has 94 valence electrons. The second-order valence-electron chi connectivity index (χ2n) is 3.97. The molecule has 17 heavy (non-hydrogen) atoms. The molecule has 1 fully saturated rings. The van der Waals surface area contributed by atoms with Crippen LogP contribution in [0.15, 0.2) is 6.07 Å². The van der Waals surface area contributed by atoms with Gasteiger partial charge < -0.3 is 10.1 Å². The fourth-order valence-corrected chi connectivity index (χ4v) is 1.74. The molecule has 1 aliphatic rings. The van der Waals surface area contributed by atoms with Gasteiger partial charge >= 0.3 is 0 Å². The van der Waals surface area contributed by atoms with Crippen molar-refractivity contribution in [1.29, 1.82) is 0 Å². The number of rotatable bonds is 3. The first kappa shape index (κ1) is 12.2. The number of ether oxygens (including phenoxy) is 1. The zero-order valence-electron chi connectivity index (χ0n) is 8.90. The van der Waals surface area contributed by atoms with E-state index in [4.69, 9.17) is 4.74 Å². The van der Waals surface area contributed by atoms with E-state index in [9.17, 15) is 17.6 Å². The van der Waals surface area contributed by atoms with Gasteiger partial charge in [-0.3, -0.25) is 0 Å². The molecule has 1 unspecified atom stereocenters. The van der Waals surface area contributed by atoms with Gasteiger partial charge in [0.1, 0.15) is 0 Å². The molecule has 1 aromatic carbocycles. The lowest BCUT2D eigenvalue weighted by molar-refractivity contribution is 0.230. The summed E-state index contributed by atoms with van der Waals surface area (Å²) in [5.41, 5.74) is 0. The minimum absolute atomic E-state index is 0.0315. The SMILES string of the molecule is Fc1cc(F)c(F)c(OCC2CCNC2)c1F. The lowest BCUT2D eigenvalue weighted by atomic mass is 10.1. The summed E-state index contributed by atoms with van der Waals surface area (Å²) in [5, 5.41) is 3.04. The molecule has 0 radical (unpaired) electrons. The van der Waals surface area contributed by atoms with E-state index in [2.05, 4.69) is 5.32 Å². The molecule has 2 rings (SSSR count). The molecule has 0 spiro atoms. The molecule has 0 amide bonds. The van der Waals surface area contributed by atoms with Gasteiger partial charge in [0.2, 0.25) is 11.6 Å². The first-order valence-corrected chi connectivity index (χ1v) is 5.26. The number of hydrogen-bond donors (Lipinski definition) is 1. The summed E-state index contributed by atoms with van der Waals surface area (Å²) in [6, 6.07) is 0.161. The Kier molecular flexibility index (Phi) is 3.51. The topological polar surface area (TPSA) is 21.3 Å². The van der Waals surface area contributed by atoms with Crippen LogP contribution in [0.4, 0.5) is 17.6 Å². The predicted octanol–water partition coefficient (Wildman–Crippen LogP) is 2.23. The number of hydrogen-bond acceptors (Lipinski definition) is 2. The monoisotopic (exact) mass is 249 g/mol. The van der Waals surface area contributed by atoms with E-state index in [0.29, 0.717) is 6.54 Å². The predicted molar refractivity (Wildman–Crippen MR) is 52.7 cm³/mol. The van der Waals surface area contributed by atoms with Gasteiger partial charge in [0.25, 0.3) is 0 Å². The van der Waals surface area contributed by atoms with Gasteiger partial charge in [0.15, 0.2) is 17.4 Å². The van der Waals surface area contributed by atoms with Crippen molar-refractivity contribution in [2.75, 3.05) is 19.7 Å². The Balaban J connectivity index is 2.13. The van der Waals surface area contributed by atoms with E-state index in [0.717, 1.165) is 13.0 Å². The molecule has 0 bridgehead atoms. The van der Waals surface area contributed by atoms with E-state index in [1.54, 1.807) is 0 Å². The maximum absolute atomic E-state index is 13.2. The fourth-order valence-electron chi connectivity index (χ4n) is 1.74. The van der Waals surface area contributed by atoms with Crippen molar-refractivity contribution in [3.63, 3.8) is 0 Å². The average Bonchev–Trinajstić information content (AvgIpc) is 2.79. The maximum atomic E-state index is 13.2. The van der Waals surface area contributed by atoms with Crippen LogP contribution < -0.4 is 10.1 Å². The first-order valence-electron chi connectivity index (χ1n) is 5.26. The molecule has 0 aliphatic carbocycles. The Morgan fingerprint density at radius 1 is 1.18 bits per heavy atom. The van der Waals surface area contributed by atoms with E-state index in [1.165, 1.54) is 0 Å². The van der Waals surface area contributed by atoms with Gasteiger partial charge in [0.05, 0.1) is 6.61 Å². The summed E-state index contributed by atoms with van der Waals surface area (Å²) in [6.07, 6.45) is 0.807. The molecule has 1 aliphatic heterocycles. The lowest BCUT2D eigenvalue weighted by Crippen LogP contribution is -2.17. The minimum Gasteiger partial charge on any atom is -0.487 e. The molecule has 2 nitrogen and oxygen atoms in total. The normalized spacial score (nSPS) is 19.6. The summed E-state index contributed by atoms with van der Waals surface area (Å²) >= 11 is 0. The van der Waals surface area contributed by atoms with Crippen LogP contribution in [-0.2, 0) is 0 Å². The third-order valence-electron chi connectivity index (χ3n) is 2.70. The van der Waals surface area contributed by atoms with Crippen molar-refractivity contribution in [3.8, 4) is 5.75 Å². The van der Waals surface area contributed by atoms with Gasteiger partial charge in [-0.2, -0.15) is 8.78 Å². The maximum Gasteiger partial charge on any atom is 0.203 e. The Labute approximate surface area is 95.6 Å². The summed E-state index contributed by atoms with van der Waals surface area (Å²) in [4.78, 5) is 0. The molecule has 0 aromatic heterocycles. The zero-order valence-corrected chi connectivity index (χ0v) is 8.90. The van der Waals surface area contributed by atoms with Crippen molar-refractivity contribution in [3.05, 3.63) is 29.3 Å². The van der Waals surface area contributed by atoms with E-state index in [1.807, 2.05) is 0 Å². The number of benzene rings is 1. The minimum atomic E-state index is -1.49. The molecule has 6 heteroatoms. The van der Waals surface area contributed by atoms with Crippen molar-refractivity contribution in [1.82, 2.24) is 5.32 Å². The highest BCUT2D eigenvalue weighted by Gasteiger charge is 2.22. The number of halogens is 4. The highest BCUT2D eigenvalue weighted by atomic mass is 19.2. The first-order chi connectivity index (χ1) is 8.09. The van der Waals surface area contributed by atoms with Crippen LogP contribution in [0, 0.1) is 29.2 Å².